The molecule has 3 aromatic rings. The standard InChI is InChI=1S/C30H29F4N5O/c1-16(2)38-8-10-39(11-9-38)26-5-4-18(13-25(26)30(32,33)34)21-15-24-23-12-19-6-7-35-29(40)22(19)14-20(23)17(3)36-28(24)37-27(21)31/h4-5,12-16H,3,6-11H2,1-2H3,(H,35,40)(H,36,37). The number of alkyl halides is 3. The van der Waals surface area contributed by atoms with Crippen molar-refractivity contribution in [3.05, 3.63) is 71.2 Å². The summed E-state index contributed by atoms with van der Waals surface area (Å²) < 4.78 is 58.3. The van der Waals surface area contributed by atoms with Gasteiger partial charge in [0, 0.05) is 72.4 Å². The van der Waals surface area contributed by atoms with E-state index in [1.807, 2.05) is 6.07 Å². The quantitative estimate of drug-likeness (QED) is 0.319. The Morgan fingerprint density at radius 2 is 1.68 bits per heavy atom. The van der Waals surface area contributed by atoms with Crippen LogP contribution in [0.2, 0.25) is 0 Å². The number of amides is 1. The van der Waals surface area contributed by atoms with Crippen LogP contribution in [0.25, 0.3) is 28.0 Å². The van der Waals surface area contributed by atoms with Crippen LogP contribution in [0.5, 0.6) is 0 Å². The fraction of sp³-hybridized carbons (Fsp3) is 0.333. The van der Waals surface area contributed by atoms with Crippen molar-refractivity contribution >= 4 is 23.1 Å². The molecule has 0 saturated carbocycles. The molecule has 3 aliphatic heterocycles. The van der Waals surface area contributed by atoms with Crippen LogP contribution >= 0.6 is 0 Å². The molecule has 0 bridgehead atoms. The van der Waals surface area contributed by atoms with Gasteiger partial charge in [-0.2, -0.15) is 17.6 Å². The van der Waals surface area contributed by atoms with E-state index in [0.29, 0.717) is 73.1 Å². The van der Waals surface area contributed by atoms with Crippen molar-refractivity contribution in [3.8, 4) is 22.3 Å². The average molecular weight is 552 g/mol. The fourth-order valence-corrected chi connectivity index (χ4v) is 5.83. The Morgan fingerprint density at radius 3 is 2.38 bits per heavy atom. The highest BCUT2D eigenvalue weighted by molar-refractivity contribution is 6.03. The molecule has 10 heteroatoms. The molecule has 6 nitrogen and oxygen atoms in total. The molecular formula is C30H29F4N5O. The molecule has 1 fully saturated rings. The first-order valence-electron chi connectivity index (χ1n) is 13.3. The molecule has 0 radical (unpaired) electrons. The van der Waals surface area contributed by atoms with Gasteiger partial charge in [-0.3, -0.25) is 9.69 Å². The number of nitrogens with one attached hydrogen (secondary N) is 2. The molecule has 2 aromatic carbocycles. The Hall–Kier alpha value is -3.92. The number of carbonyl (C=O) groups is 1. The lowest BCUT2D eigenvalue weighted by Crippen LogP contribution is -2.49. The van der Waals surface area contributed by atoms with Gasteiger partial charge in [0.15, 0.2) is 0 Å². The van der Waals surface area contributed by atoms with Gasteiger partial charge in [0.1, 0.15) is 5.82 Å². The fourth-order valence-electron chi connectivity index (χ4n) is 5.83. The van der Waals surface area contributed by atoms with E-state index in [1.54, 1.807) is 11.0 Å². The van der Waals surface area contributed by atoms with Gasteiger partial charge in [0.2, 0.25) is 5.95 Å². The number of fused-ring (bicyclic) bond motifs is 4. The number of hydrogen-bond donors (Lipinski definition) is 2. The maximum atomic E-state index is 15.4. The number of piperazine rings is 1. The van der Waals surface area contributed by atoms with Crippen molar-refractivity contribution in [2.45, 2.75) is 32.5 Å². The number of aromatic nitrogens is 1. The predicted molar refractivity (Wildman–Crippen MR) is 148 cm³/mol. The minimum Gasteiger partial charge on any atom is -0.368 e. The molecule has 3 aliphatic rings. The second kappa shape index (κ2) is 9.62. The molecule has 2 N–H and O–H groups in total. The van der Waals surface area contributed by atoms with Gasteiger partial charge < -0.3 is 15.5 Å². The minimum atomic E-state index is -4.62. The van der Waals surface area contributed by atoms with E-state index >= 15 is 4.39 Å². The first-order chi connectivity index (χ1) is 19.0. The van der Waals surface area contributed by atoms with E-state index in [0.717, 1.165) is 11.6 Å². The molecule has 0 atom stereocenters. The summed E-state index contributed by atoms with van der Waals surface area (Å²) in [6.07, 6.45) is -3.99. The largest absolute Gasteiger partial charge is 0.418 e. The Balaban J connectivity index is 1.42. The number of carbonyl (C=O) groups excluding carboxylic acids is 1. The molecule has 1 saturated heterocycles. The normalized spacial score (nSPS) is 17.2. The summed E-state index contributed by atoms with van der Waals surface area (Å²) in [5.41, 5.74) is 3.11. The zero-order valence-electron chi connectivity index (χ0n) is 22.3. The van der Waals surface area contributed by atoms with Crippen molar-refractivity contribution in [1.29, 1.82) is 0 Å². The number of nitrogens with zero attached hydrogens (tertiary/aromatic N) is 3. The molecule has 40 heavy (non-hydrogen) atoms. The van der Waals surface area contributed by atoms with Crippen LogP contribution < -0.4 is 15.5 Å². The summed E-state index contributed by atoms with van der Waals surface area (Å²) in [5, 5.41) is 5.81. The third-order valence-corrected chi connectivity index (χ3v) is 8.03. The predicted octanol–water partition coefficient (Wildman–Crippen LogP) is 5.79. The lowest BCUT2D eigenvalue weighted by Gasteiger charge is -2.39. The first-order valence-corrected chi connectivity index (χ1v) is 13.3. The average Bonchev–Trinajstić information content (AvgIpc) is 2.92. The van der Waals surface area contributed by atoms with Gasteiger partial charge in [0.25, 0.3) is 5.91 Å². The Bertz CT molecular complexity index is 1540. The van der Waals surface area contributed by atoms with Crippen LogP contribution in [0.4, 0.5) is 29.1 Å². The van der Waals surface area contributed by atoms with E-state index in [9.17, 15) is 18.0 Å². The lowest BCUT2D eigenvalue weighted by molar-refractivity contribution is -0.137. The van der Waals surface area contributed by atoms with Crippen molar-refractivity contribution in [2.24, 2.45) is 0 Å². The van der Waals surface area contributed by atoms with E-state index < -0.39 is 17.7 Å². The maximum absolute atomic E-state index is 15.4. The molecule has 0 aliphatic carbocycles. The zero-order valence-corrected chi connectivity index (χ0v) is 22.3. The number of pyridine rings is 1. The van der Waals surface area contributed by atoms with Crippen LogP contribution in [-0.2, 0) is 12.6 Å². The van der Waals surface area contributed by atoms with E-state index in [4.69, 9.17) is 0 Å². The summed E-state index contributed by atoms with van der Waals surface area (Å²) in [7, 11) is 0. The van der Waals surface area contributed by atoms with E-state index in [2.05, 4.69) is 40.9 Å². The molecule has 0 spiro atoms. The minimum absolute atomic E-state index is 0.0313. The topological polar surface area (TPSA) is 60.5 Å². The molecule has 4 heterocycles. The van der Waals surface area contributed by atoms with Crippen molar-refractivity contribution in [1.82, 2.24) is 15.2 Å². The third kappa shape index (κ3) is 4.50. The smallest absolute Gasteiger partial charge is 0.368 e. The Kier molecular flexibility index (Phi) is 6.33. The molecular weight excluding hydrogens is 522 g/mol. The Morgan fingerprint density at radius 1 is 0.950 bits per heavy atom. The molecule has 1 aromatic heterocycles. The molecule has 208 valence electrons. The highest BCUT2D eigenvalue weighted by Crippen LogP contribution is 2.44. The molecule has 6 rings (SSSR count). The van der Waals surface area contributed by atoms with Crippen molar-refractivity contribution < 1.29 is 22.4 Å². The highest BCUT2D eigenvalue weighted by atomic mass is 19.4. The molecule has 0 unspecified atom stereocenters. The molecule has 1 amide bonds. The van der Waals surface area contributed by atoms with Gasteiger partial charge in [-0.05, 0) is 67.3 Å². The van der Waals surface area contributed by atoms with Crippen LogP contribution in [0.3, 0.4) is 0 Å². The number of benzene rings is 2. The summed E-state index contributed by atoms with van der Waals surface area (Å²) in [6, 6.07) is 9.45. The second-order valence-corrected chi connectivity index (χ2v) is 10.7. The van der Waals surface area contributed by atoms with Crippen LogP contribution in [0.15, 0.2) is 43.0 Å². The second-order valence-electron chi connectivity index (χ2n) is 10.7. The highest BCUT2D eigenvalue weighted by Gasteiger charge is 2.36. The zero-order chi connectivity index (χ0) is 28.3. The van der Waals surface area contributed by atoms with Crippen molar-refractivity contribution in [2.75, 3.05) is 42.9 Å². The van der Waals surface area contributed by atoms with Crippen LogP contribution in [0.1, 0.15) is 40.9 Å². The maximum Gasteiger partial charge on any atom is 0.418 e. The van der Waals surface area contributed by atoms with E-state index in [1.165, 1.54) is 18.2 Å². The van der Waals surface area contributed by atoms with Crippen molar-refractivity contribution in [3.63, 3.8) is 0 Å². The number of halogens is 4. The summed E-state index contributed by atoms with van der Waals surface area (Å²) >= 11 is 0. The third-order valence-electron chi connectivity index (χ3n) is 8.03. The SMILES string of the molecule is C=C1Nc2nc(F)c(-c3ccc(N4CCN(C(C)C)CC4)c(C(F)(F)F)c3)cc2-c2cc3c(cc21)C(=O)NCC3. The van der Waals surface area contributed by atoms with Gasteiger partial charge in [0.05, 0.1) is 5.56 Å². The summed E-state index contributed by atoms with van der Waals surface area (Å²) in [6.45, 7) is 10.9. The first kappa shape index (κ1) is 26.3. The van der Waals surface area contributed by atoms with E-state index in [-0.39, 0.29) is 28.5 Å². The van der Waals surface area contributed by atoms with Crippen LogP contribution in [-0.4, -0.2) is 54.6 Å². The van der Waals surface area contributed by atoms with Gasteiger partial charge in [-0.1, -0.05) is 12.6 Å². The number of hydrogen-bond acceptors (Lipinski definition) is 5. The monoisotopic (exact) mass is 551 g/mol. The lowest BCUT2D eigenvalue weighted by atomic mass is 9.87. The van der Waals surface area contributed by atoms with Gasteiger partial charge >= 0.3 is 6.18 Å². The van der Waals surface area contributed by atoms with Crippen LogP contribution in [0, 0.1) is 5.95 Å². The summed E-state index contributed by atoms with van der Waals surface area (Å²) in [5.74, 6) is -0.827. The number of rotatable bonds is 3. The van der Waals surface area contributed by atoms with Gasteiger partial charge in [-0.15, -0.1) is 0 Å². The summed E-state index contributed by atoms with van der Waals surface area (Å²) in [4.78, 5) is 20.4. The number of anilines is 2. The van der Waals surface area contributed by atoms with Gasteiger partial charge in [-0.25, -0.2) is 4.98 Å². The Labute approximate surface area is 229 Å².